The van der Waals surface area contributed by atoms with E-state index in [4.69, 9.17) is 4.42 Å². The number of hydrogen-bond donors (Lipinski definition) is 1. The van der Waals surface area contributed by atoms with E-state index >= 15 is 0 Å². The molecule has 0 fully saturated rings. The fourth-order valence-electron chi connectivity index (χ4n) is 3.09. The van der Waals surface area contributed by atoms with Crippen LogP contribution in [0.15, 0.2) is 76.8 Å². The molecule has 0 saturated carbocycles. The summed E-state index contributed by atoms with van der Waals surface area (Å²) in [6, 6.07) is 17.2. The molecule has 0 unspecified atom stereocenters. The van der Waals surface area contributed by atoms with E-state index in [1.54, 1.807) is 11.3 Å². The minimum atomic E-state index is -0.107. The van der Waals surface area contributed by atoms with Gasteiger partial charge in [-0.1, -0.05) is 30.3 Å². The van der Waals surface area contributed by atoms with E-state index in [0.717, 1.165) is 27.5 Å². The lowest BCUT2D eigenvalue weighted by Crippen LogP contribution is -2.12. The molecule has 0 aliphatic rings. The van der Waals surface area contributed by atoms with Crippen molar-refractivity contribution in [1.29, 1.82) is 0 Å². The smallest absolute Gasteiger partial charge is 0.247 e. The molecule has 8 heteroatoms. The molecule has 1 N–H and O–H groups in total. The standard InChI is InChI=1S/C22H17N5O2S/c28-19(10-11-20-25-26-21(29-20)16-4-2-1-3-5-16)23-17-8-6-15(7-9-17)18-14-27-12-13-30-22(27)24-18/h1-9,12-14H,10-11H2,(H,23,28). The molecular formula is C22H17N5O2S. The van der Waals surface area contributed by atoms with Crippen LogP contribution >= 0.6 is 11.3 Å². The van der Waals surface area contributed by atoms with Gasteiger partial charge in [-0.25, -0.2) is 4.98 Å². The van der Waals surface area contributed by atoms with E-state index in [-0.39, 0.29) is 12.3 Å². The highest BCUT2D eigenvalue weighted by molar-refractivity contribution is 7.15. The summed E-state index contributed by atoms with van der Waals surface area (Å²) in [7, 11) is 0. The second-order valence-corrected chi connectivity index (χ2v) is 7.58. The maximum atomic E-state index is 12.3. The molecule has 148 valence electrons. The third kappa shape index (κ3) is 3.85. The minimum absolute atomic E-state index is 0.107. The molecule has 2 aromatic carbocycles. The number of hydrogen-bond acceptors (Lipinski definition) is 6. The molecule has 0 aliphatic heterocycles. The zero-order valence-corrected chi connectivity index (χ0v) is 16.7. The van der Waals surface area contributed by atoms with E-state index in [0.29, 0.717) is 18.2 Å². The van der Waals surface area contributed by atoms with Crippen LogP contribution in [-0.2, 0) is 11.2 Å². The Morgan fingerprint density at radius 2 is 1.87 bits per heavy atom. The molecule has 30 heavy (non-hydrogen) atoms. The molecule has 0 aliphatic carbocycles. The SMILES string of the molecule is O=C(CCc1nnc(-c2ccccc2)o1)Nc1ccc(-c2cn3ccsc3n2)cc1. The number of nitrogens with zero attached hydrogens (tertiary/aromatic N) is 4. The molecular weight excluding hydrogens is 398 g/mol. The Morgan fingerprint density at radius 1 is 1.03 bits per heavy atom. The fraction of sp³-hybridized carbons (Fsp3) is 0.0909. The van der Waals surface area contributed by atoms with Crippen LogP contribution in [-0.4, -0.2) is 25.5 Å². The Hall–Kier alpha value is -3.78. The van der Waals surface area contributed by atoms with Gasteiger partial charge >= 0.3 is 0 Å². The summed E-state index contributed by atoms with van der Waals surface area (Å²) in [4.78, 5) is 17.8. The van der Waals surface area contributed by atoms with E-state index < -0.39 is 0 Å². The van der Waals surface area contributed by atoms with Gasteiger partial charge in [0.1, 0.15) is 0 Å². The molecule has 5 rings (SSSR count). The van der Waals surface area contributed by atoms with E-state index in [1.807, 2.05) is 76.8 Å². The average molecular weight is 415 g/mol. The van der Waals surface area contributed by atoms with Crippen molar-refractivity contribution < 1.29 is 9.21 Å². The Morgan fingerprint density at radius 3 is 2.67 bits per heavy atom. The Labute approximate surface area is 176 Å². The van der Waals surface area contributed by atoms with Crippen LogP contribution < -0.4 is 5.32 Å². The van der Waals surface area contributed by atoms with Crippen molar-refractivity contribution >= 4 is 27.9 Å². The third-order valence-corrected chi connectivity index (χ3v) is 5.38. The molecule has 0 radical (unpaired) electrons. The molecule has 7 nitrogen and oxygen atoms in total. The van der Waals surface area contributed by atoms with Crippen molar-refractivity contribution in [2.45, 2.75) is 12.8 Å². The number of benzene rings is 2. The number of carbonyl (C=O) groups is 1. The van der Waals surface area contributed by atoms with Crippen molar-refractivity contribution in [3.8, 4) is 22.7 Å². The highest BCUT2D eigenvalue weighted by Crippen LogP contribution is 2.23. The first-order chi connectivity index (χ1) is 14.7. The van der Waals surface area contributed by atoms with Gasteiger partial charge in [-0.3, -0.25) is 9.20 Å². The van der Waals surface area contributed by atoms with Crippen LogP contribution in [0.1, 0.15) is 12.3 Å². The molecule has 3 heterocycles. The van der Waals surface area contributed by atoms with Gasteiger partial charge in [-0.2, -0.15) is 0 Å². The largest absolute Gasteiger partial charge is 0.421 e. The molecule has 0 spiro atoms. The summed E-state index contributed by atoms with van der Waals surface area (Å²) < 4.78 is 7.64. The molecule has 0 bridgehead atoms. The number of thiazole rings is 1. The average Bonchev–Trinajstić information content (AvgIpc) is 3.50. The van der Waals surface area contributed by atoms with Crippen LogP contribution in [0.25, 0.3) is 27.7 Å². The zero-order chi connectivity index (χ0) is 20.3. The zero-order valence-electron chi connectivity index (χ0n) is 15.9. The third-order valence-electron chi connectivity index (χ3n) is 4.61. The number of imidazole rings is 1. The molecule has 3 aromatic heterocycles. The van der Waals surface area contributed by atoms with E-state index in [2.05, 4.69) is 20.5 Å². The summed E-state index contributed by atoms with van der Waals surface area (Å²) in [5.41, 5.74) is 3.51. The summed E-state index contributed by atoms with van der Waals surface area (Å²) in [6.45, 7) is 0. The number of amides is 1. The predicted molar refractivity (Wildman–Crippen MR) is 115 cm³/mol. The van der Waals surface area contributed by atoms with Gasteiger partial charge in [0.25, 0.3) is 0 Å². The number of nitrogens with one attached hydrogen (secondary N) is 1. The van der Waals surface area contributed by atoms with Gasteiger partial charge in [0.15, 0.2) is 4.96 Å². The number of anilines is 1. The number of aryl methyl sites for hydroxylation is 1. The Balaban J connectivity index is 1.18. The van der Waals surface area contributed by atoms with E-state index in [9.17, 15) is 4.79 Å². The maximum Gasteiger partial charge on any atom is 0.247 e. The van der Waals surface area contributed by atoms with Gasteiger partial charge in [-0.05, 0) is 24.3 Å². The van der Waals surface area contributed by atoms with Crippen LogP contribution in [0, 0.1) is 0 Å². The first-order valence-corrected chi connectivity index (χ1v) is 10.3. The molecule has 1 amide bonds. The van der Waals surface area contributed by atoms with Crippen LogP contribution in [0.2, 0.25) is 0 Å². The summed E-state index contributed by atoms with van der Waals surface area (Å²) in [5, 5.41) is 13.0. The minimum Gasteiger partial charge on any atom is -0.421 e. The van der Waals surface area contributed by atoms with Gasteiger partial charge in [0.2, 0.25) is 17.7 Å². The normalized spacial score (nSPS) is 11.1. The van der Waals surface area contributed by atoms with Crippen LogP contribution in [0.3, 0.4) is 0 Å². The molecule has 0 atom stereocenters. The summed E-state index contributed by atoms with van der Waals surface area (Å²) in [6.07, 6.45) is 4.62. The van der Waals surface area contributed by atoms with Crippen molar-refractivity contribution in [2.75, 3.05) is 5.32 Å². The Kier molecular flexibility index (Phi) is 4.82. The molecule has 0 saturated heterocycles. The summed E-state index contributed by atoms with van der Waals surface area (Å²) >= 11 is 1.60. The number of aromatic nitrogens is 4. The first kappa shape index (κ1) is 18.3. The number of carbonyl (C=O) groups excluding carboxylic acids is 1. The number of rotatable bonds is 6. The van der Waals surface area contributed by atoms with Crippen molar-refractivity contribution in [1.82, 2.24) is 19.6 Å². The van der Waals surface area contributed by atoms with Crippen LogP contribution in [0.5, 0.6) is 0 Å². The van der Waals surface area contributed by atoms with Crippen molar-refractivity contribution in [3.63, 3.8) is 0 Å². The second-order valence-electron chi connectivity index (χ2n) is 6.71. The number of fused-ring (bicyclic) bond motifs is 1. The lowest BCUT2D eigenvalue weighted by atomic mass is 10.1. The van der Waals surface area contributed by atoms with Crippen LogP contribution in [0.4, 0.5) is 5.69 Å². The second kappa shape index (κ2) is 7.92. The lowest BCUT2D eigenvalue weighted by molar-refractivity contribution is -0.116. The van der Waals surface area contributed by atoms with Gasteiger partial charge in [-0.15, -0.1) is 21.5 Å². The summed E-state index contributed by atoms with van der Waals surface area (Å²) in [5.74, 6) is 0.796. The van der Waals surface area contributed by atoms with Gasteiger partial charge in [0.05, 0.1) is 5.69 Å². The maximum absolute atomic E-state index is 12.3. The van der Waals surface area contributed by atoms with Gasteiger partial charge < -0.3 is 9.73 Å². The van der Waals surface area contributed by atoms with E-state index in [1.165, 1.54) is 0 Å². The molecule has 5 aromatic rings. The fourth-order valence-corrected chi connectivity index (χ4v) is 3.79. The first-order valence-electron chi connectivity index (χ1n) is 9.45. The quantitative estimate of drug-likeness (QED) is 0.435. The monoisotopic (exact) mass is 415 g/mol. The van der Waals surface area contributed by atoms with Crippen molar-refractivity contribution in [2.24, 2.45) is 0 Å². The highest BCUT2D eigenvalue weighted by Gasteiger charge is 2.11. The highest BCUT2D eigenvalue weighted by atomic mass is 32.1. The Bertz CT molecular complexity index is 1260. The van der Waals surface area contributed by atoms with Crippen molar-refractivity contribution in [3.05, 3.63) is 78.3 Å². The van der Waals surface area contributed by atoms with Gasteiger partial charge in [0, 0.05) is 47.4 Å². The topological polar surface area (TPSA) is 85.3 Å². The lowest BCUT2D eigenvalue weighted by Gasteiger charge is -2.05. The predicted octanol–water partition coefficient (Wildman–Crippen LogP) is 4.68.